The third-order valence-corrected chi connectivity index (χ3v) is 6.51. The van der Waals surface area contributed by atoms with Crippen LogP contribution in [0.2, 0.25) is 0 Å². The van der Waals surface area contributed by atoms with Gasteiger partial charge in [-0.05, 0) is 35.6 Å². The van der Waals surface area contributed by atoms with E-state index in [1.165, 1.54) is 14.2 Å². The van der Waals surface area contributed by atoms with Crippen LogP contribution in [0.25, 0.3) is 11.1 Å². The third-order valence-electron chi connectivity index (χ3n) is 6.51. The Hall–Kier alpha value is -3.43. The lowest BCUT2D eigenvalue weighted by Gasteiger charge is -2.32. The van der Waals surface area contributed by atoms with Crippen molar-refractivity contribution >= 4 is 18.0 Å². The highest BCUT2D eigenvalue weighted by atomic mass is 16.5. The summed E-state index contributed by atoms with van der Waals surface area (Å²) in [7, 11) is 2.74. The second-order valence-electron chi connectivity index (χ2n) is 8.55. The Morgan fingerprint density at radius 2 is 1.60 bits per heavy atom. The molecule has 3 N–H and O–H groups in total. The first-order chi connectivity index (χ1) is 16.8. The van der Waals surface area contributed by atoms with Crippen molar-refractivity contribution < 1.29 is 33.7 Å². The van der Waals surface area contributed by atoms with Gasteiger partial charge in [0.05, 0.1) is 12.7 Å². The van der Waals surface area contributed by atoms with E-state index in [-0.39, 0.29) is 25.6 Å². The molecular formula is C26H32N2O7. The van der Waals surface area contributed by atoms with Crippen molar-refractivity contribution in [1.82, 2.24) is 10.6 Å². The topological polar surface area (TPSA) is 123 Å². The highest BCUT2D eigenvalue weighted by Gasteiger charge is 2.41. The van der Waals surface area contributed by atoms with E-state index in [0.717, 1.165) is 22.3 Å². The number of alkyl carbamates (subject to hydrolysis) is 1. The molecule has 0 aliphatic heterocycles. The molecule has 9 heteroatoms. The molecular weight excluding hydrogens is 452 g/mol. The van der Waals surface area contributed by atoms with Gasteiger partial charge in [0.2, 0.25) is 5.91 Å². The molecule has 1 unspecified atom stereocenters. The monoisotopic (exact) mass is 484 g/mol. The van der Waals surface area contributed by atoms with Gasteiger partial charge in [0.1, 0.15) is 12.6 Å². The number of hydrogen-bond acceptors (Lipinski definition) is 6. The van der Waals surface area contributed by atoms with Crippen LogP contribution >= 0.6 is 0 Å². The van der Waals surface area contributed by atoms with E-state index in [1.807, 2.05) is 48.5 Å². The first-order valence-electron chi connectivity index (χ1n) is 11.5. The van der Waals surface area contributed by atoms with Crippen molar-refractivity contribution in [3.05, 3.63) is 59.7 Å². The molecule has 35 heavy (non-hydrogen) atoms. The maximum Gasteiger partial charge on any atom is 0.407 e. The number of carbonyl (C=O) groups is 3. The fraction of sp³-hybridized carbons (Fsp3) is 0.423. The second-order valence-corrected chi connectivity index (χ2v) is 8.55. The molecule has 0 saturated heterocycles. The predicted octanol–water partition coefficient (Wildman–Crippen LogP) is 2.92. The molecule has 0 aromatic heterocycles. The standard InChI is InChI=1S/C26H32N2O7/c1-5-26(15-33-3,24(30)31)28-23(29)22(16(2)34-4)27-25(32)35-14-21-19-12-8-6-10-17(19)18-11-7-9-13-20(18)21/h6-13,16,21-22H,5,14-15H2,1-4H3,(H,27,32)(H,28,29)(H,30,31)/t16-,22+,26?/m1/s1. The number of methoxy groups -OCH3 is 2. The summed E-state index contributed by atoms with van der Waals surface area (Å²) in [5.41, 5.74) is 2.69. The molecule has 2 aromatic carbocycles. The van der Waals surface area contributed by atoms with Crippen LogP contribution in [0.1, 0.15) is 37.3 Å². The number of rotatable bonds is 11. The molecule has 0 radical (unpaired) electrons. The Morgan fingerprint density at radius 1 is 1.03 bits per heavy atom. The normalized spacial score (nSPS) is 15.8. The average Bonchev–Trinajstić information content (AvgIpc) is 3.18. The van der Waals surface area contributed by atoms with Gasteiger partial charge >= 0.3 is 12.1 Å². The lowest BCUT2D eigenvalue weighted by molar-refractivity contribution is -0.151. The predicted molar refractivity (Wildman–Crippen MR) is 129 cm³/mol. The molecule has 1 aliphatic carbocycles. The van der Waals surface area contributed by atoms with Crippen LogP contribution < -0.4 is 10.6 Å². The van der Waals surface area contributed by atoms with Gasteiger partial charge in [-0.3, -0.25) is 4.79 Å². The number of hydrogen-bond donors (Lipinski definition) is 3. The van der Waals surface area contributed by atoms with Crippen molar-refractivity contribution in [2.24, 2.45) is 0 Å². The molecule has 3 atom stereocenters. The first-order valence-corrected chi connectivity index (χ1v) is 11.5. The molecule has 0 spiro atoms. The van der Waals surface area contributed by atoms with E-state index in [1.54, 1.807) is 13.8 Å². The van der Waals surface area contributed by atoms with Gasteiger partial charge in [-0.1, -0.05) is 55.5 Å². The van der Waals surface area contributed by atoms with E-state index < -0.39 is 35.7 Å². The number of amides is 2. The van der Waals surface area contributed by atoms with Gasteiger partial charge in [0.25, 0.3) is 0 Å². The highest BCUT2D eigenvalue weighted by molar-refractivity contribution is 5.92. The number of nitrogens with one attached hydrogen (secondary N) is 2. The largest absolute Gasteiger partial charge is 0.479 e. The van der Waals surface area contributed by atoms with E-state index >= 15 is 0 Å². The Labute approximate surface area is 204 Å². The summed E-state index contributed by atoms with van der Waals surface area (Å²) in [4.78, 5) is 37.7. The van der Waals surface area contributed by atoms with Crippen LogP contribution in [0.5, 0.6) is 0 Å². The lowest BCUT2D eigenvalue weighted by Crippen LogP contribution is -2.63. The first kappa shape index (κ1) is 26.2. The number of aliphatic carboxylic acids is 1. The summed E-state index contributed by atoms with van der Waals surface area (Å²) in [5.74, 6) is -2.09. The molecule has 2 aromatic rings. The number of carboxylic acids is 1. The average molecular weight is 485 g/mol. The van der Waals surface area contributed by atoms with Gasteiger partial charge in [0.15, 0.2) is 5.54 Å². The number of fused-ring (bicyclic) bond motifs is 3. The fourth-order valence-electron chi connectivity index (χ4n) is 4.35. The molecule has 9 nitrogen and oxygen atoms in total. The van der Waals surface area contributed by atoms with Crippen molar-refractivity contribution in [2.45, 2.75) is 43.9 Å². The van der Waals surface area contributed by atoms with Crippen LogP contribution in [-0.4, -0.2) is 68.2 Å². The van der Waals surface area contributed by atoms with Crippen molar-refractivity contribution in [2.75, 3.05) is 27.4 Å². The number of ether oxygens (including phenoxy) is 3. The van der Waals surface area contributed by atoms with Gasteiger partial charge in [0, 0.05) is 20.1 Å². The van der Waals surface area contributed by atoms with Gasteiger partial charge in [-0.15, -0.1) is 0 Å². The van der Waals surface area contributed by atoms with Crippen LogP contribution in [-0.2, 0) is 23.8 Å². The molecule has 3 rings (SSSR count). The number of carbonyl (C=O) groups excluding carboxylic acids is 2. The van der Waals surface area contributed by atoms with Crippen LogP contribution in [0.3, 0.4) is 0 Å². The number of carboxylic acid groups (broad SMARTS) is 1. The summed E-state index contributed by atoms with van der Waals surface area (Å²) in [5, 5.41) is 14.7. The maximum absolute atomic E-state index is 13.0. The zero-order valence-corrected chi connectivity index (χ0v) is 20.4. The molecule has 2 amide bonds. The van der Waals surface area contributed by atoms with E-state index in [2.05, 4.69) is 10.6 Å². The summed E-state index contributed by atoms with van der Waals surface area (Å²) in [6.07, 6.45) is -1.47. The summed E-state index contributed by atoms with van der Waals surface area (Å²) >= 11 is 0. The molecule has 188 valence electrons. The fourth-order valence-corrected chi connectivity index (χ4v) is 4.35. The zero-order valence-electron chi connectivity index (χ0n) is 20.4. The van der Waals surface area contributed by atoms with E-state index in [9.17, 15) is 19.5 Å². The zero-order chi connectivity index (χ0) is 25.6. The van der Waals surface area contributed by atoms with E-state index in [4.69, 9.17) is 14.2 Å². The van der Waals surface area contributed by atoms with Gasteiger partial charge in [-0.25, -0.2) is 9.59 Å². The highest BCUT2D eigenvalue weighted by Crippen LogP contribution is 2.44. The molecule has 0 bridgehead atoms. The lowest BCUT2D eigenvalue weighted by atomic mass is 9.96. The second kappa shape index (κ2) is 11.3. The molecule has 0 fully saturated rings. The molecule has 0 heterocycles. The Kier molecular flexibility index (Phi) is 8.48. The minimum Gasteiger partial charge on any atom is -0.479 e. The van der Waals surface area contributed by atoms with Crippen LogP contribution in [0.4, 0.5) is 4.79 Å². The Balaban J connectivity index is 1.72. The summed E-state index contributed by atoms with van der Waals surface area (Å²) < 4.78 is 15.8. The smallest absolute Gasteiger partial charge is 0.407 e. The molecule has 0 saturated carbocycles. The minimum atomic E-state index is -1.64. The maximum atomic E-state index is 13.0. The quantitative estimate of drug-likeness (QED) is 0.448. The minimum absolute atomic E-state index is 0.0766. The van der Waals surface area contributed by atoms with Gasteiger partial charge < -0.3 is 30.0 Å². The van der Waals surface area contributed by atoms with Crippen LogP contribution in [0, 0.1) is 0 Å². The SMILES string of the molecule is CCC(COC)(NC(=O)[C@@H](NC(=O)OCC1c2ccccc2-c2ccccc21)[C@@H](C)OC)C(=O)O. The number of benzene rings is 2. The Bertz CT molecular complexity index is 1030. The van der Waals surface area contributed by atoms with Crippen LogP contribution in [0.15, 0.2) is 48.5 Å². The summed E-state index contributed by atoms with van der Waals surface area (Å²) in [6, 6.07) is 14.7. The Morgan fingerprint density at radius 3 is 2.09 bits per heavy atom. The van der Waals surface area contributed by atoms with Crippen molar-refractivity contribution in [3.63, 3.8) is 0 Å². The molecule has 1 aliphatic rings. The summed E-state index contributed by atoms with van der Waals surface area (Å²) in [6.45, 7) is 3.07. The van der Waals surface area contributed by atoms with Crippen molar-refractivity contribution in [1.29, 1.82) is 0 Å². The third kappa shape index (κ3) is 5.47. The van der Waals surface area contributed by atoms with E-state index in [0.29, 0.717) is 0 Å². The van der Waals surface area contributed by atoms with Gasteiger partial charge in [-0.2, -0.15) is 0 Å². The van der Waals surface area contributed by atoms with Crippen molar-refractivity contribution in [3.8, 4) is 11.1 Å².